The van der Waals surface area contributed by atoms with Crippen LogP contribution in [-0.2, 0) is 4.74 Å². The number of H-pyrrole nitrogens is 4. The Bertz CT molecular complexity index is 1390. The van der Waals surface area contributed by atoms with Crippen LogP contribution in [0.5, 0.6) is 11.5 Å². The second-order valence-corrected chi connectivity index (χ2v) is 7.75. The van der Waals surface area contributed by atoms with Crippen molar-refractivity contribution in [2.75, 3.05) is 26.4 Å². The highest BCUT2D eigenvalue weighted by Gasteiger charge is 2.08. The van der Waals surface area contributed by atoms with Gasteiger partial charge in [-0.15, -0.1) is 20.5 Å². The number of aryl methyl sites for hydroxylation is 2. The molecule has 4 aromatic rings. The zero-order valence-electron chi connectivity index (χ0n) is 20.3. The number of azo groups is 2. The average Bonchev–Trinajstić information content (AvgIpc) is 3.40. The monoisotopic (exact) mass is 506 g/mol. The van der Waals surface area contributed by atoms with Crippen LogP contribution in [0.3, 0.4) is 0 Å². The molecule has 2 heterocycles. The summed E-state index contributed by atoms with van der Waals surface area (Å²) in [5.41, 5.74) is 1.93. The molecule has 0 aliphatic carbocycles. The molecule has 0 unspecified atom stereocenters. The third-order valence-corrected chi connectivity index (χ3v) is 5.08. The minimum absolute atomic E-state index is 0.217. The van der Waals surface area contributed by atoms with Crippen molar-refractivity contribution in [3.63, 3.8) is 0 Å². The van der Waals surface area contributed by atoms with E-state index in [0.29, 0.717) is 47.5 Å². The van der Waals surface area contributed by atoms with Gasteiger partial charge in [0.05, 0.1) is 24.6 Å². The molecule has 2 aromatic carbocycles. The van der Waals surface area contributed by atoms with Gasteiger partial charge in [-0.25, -0.2) is 0 Å². The molecular weight excluding hydrogens is 480 g/mol. The number of hydrogen-bond acceptors (Lipinski definition) is 9. The Morgan fingerprint density at radius 3 is 1.43 bits per heavy atom. The molecule has 0 fully saturated rings. The van der Waals surface area contributed by atoms with Crippen molar-refractivity contribution in [2.24, 2.45) is 20.5 Å². The summed E-state index contributed by atoms with van der Waals surface area (Å²) in [5, 5.41) is 26.7. The second-order valence-electron chi connectivity index (χ2n) is 7.75. The van der Waals surface area contributed by atoms with E-state index in [0.717, 1.165) is 0 Å². The Morgan fingerprint density at radius 1 is 0.595 bits per heavy atom. The van der Waals surface area contributed by atoms with Gasteiger partial charge in [-0.2, -0.15) is 0 Å². The van der Waals surface area contributed by atoms with Crippen LogP contribution in [0, 0.1) is 13.8 Å². The van der Waals surface area contributed by atoms with Crippen molar-refractivity contribution in [3.05, 3.63) is 80.6 Å². The topological polar surface area (TPSA) is 174 Å². The smallest absolute Gasteiger partial charge is 0.291 e. The molecule has 0 aliphatic rings. The number of nitrogens with one attached hydrogen (secondary N) is 4. The Balaban J connectivity index is 1.23. The second kappa shape index (κ2) is 12.3. The molecule has 0 bridgehead atoms. The largest absolute Gasteiger partial charge is 0.489 e. The molecule has 4 N–H and O–H groups in total. The van der Waals surface area contributed by atoms with Gasteiger partial charge in [-0.05, 0) is 38.1 Å². The molecule has 13 nitrogen and oxygen atoms in total. The van der Waals surface area contributed by atoms with E-state index in [4.69, 9.17) is 14.2 Å². The summed E-state index contributed by atoms with van der Waals surface area (Å²) in [5.74, 6) is 1.04. The van der Waals surface area contributed by atoms with Gasteiger partial charge in [0.1, 0.15) is 36.1 Å². The summed E-state index contributed by atoms with van der Waals surface area (Å²) in [7, 11) is 0. The molecule has 0 atom stereocenters. The molecular formula is C24H26N8O5. The van der Waals surface area contributed by atoms with Crippen molar-refractivity contribution in [1.29, 1.82) is 0 Å². The van der Waals surface area contributed by atoms with Gasteiger partial charge in [0.25, 0.3) is 11.1 Å². The minimum atomic E-state index is -0.341. The number of aromatic nitrogens is 4. The molecule has 2 aromatic heterocycles. The predicted molar refractivity (Wildman–Crippen MR) is 135 cm³/mol. The van der Waals surface area contributed by atoms with E-state index in [1.807, 2.05) is 12.1 Å². The third-order valence-electron chi connectivity index (χ3n) is 5.08. The Labute approximate surface area is 210 Å². The van der Waals surface area contributed by atoms with E-state index in [1.165, 1.54) is 0 Å². The maximum Gasteiger partial charge on any atom is 0.291 e. The molecule has 0 radical (unpaired) electrons. The first-order chi connectivity index (χ1) is 18.0. The first-order valence-corrected chi connectivity index (χ1v) is 11.4. The van der Waals surface area contributed by atoms with Crippen LogP contribution < -0.4 is 20.6 Å². The minimum Gasteiger partial charge on any atom is -0.489 e. The van der Waals surface area contributed by atoms with Gasteiger partial charge >= 0.3 is 0 Å². The quantitative estimate of drug-likeness (QED) is 0.161. The van der Waals surface area contributed by atoms with Crippen LogP contribution in [0.15, 0.2) is 78.6 Å². The molecule has 192 valence electrons. The van der Waals surface area contributed by atoms with Gasteiger partial charge in [0, 0.05) is 0 Å². The first-order valence-electron chi connectivity index (χ1n) is 11.4. The van der Waals surface area contributed by atoms with Crippen LogP contribution in [0.4, 0.5) is 22.7 Å². The molecule has 0 saturated heterocycles. The summed E-state index contributed by atoms with van der Waals surface area (Å²) in [6.45, 7) is 4.66. The van der Waals surface area contributed by atoms with E-state index in [2.05, 4.69) is 40.9 Å². The molecule has 37 heavy (non-hydrogen) atoms. The number of nitrogens with zero attached hydrogens (tertiary/aromatic N) is 4. The number of hydrogen-bond donors (Lipinski definition) is 4. The van der Waals surface area contributed by atoms with E-state index in [1.54, 1.807) is 50.2 Å². The maximum atomic E-state index is 11.7. The van der Waals surface area contributed by atoms with Gasteiger partial charge in [-0.1, -0.05) is 24.3 Å². The lowest BCUT2D eigenvalue weighted by atomic mass is 10.3. The molecule has 0 spiro atoms. The van der Waals surface area contributed by atoms with Crippen LogP contribution >= 0.6 is 0 Å². The zero-order chi connectivity index (χ0) is 26.0. The van der Waals surface area contributed by atoms with Crippen LogP contribution in [0.2, 0.25) is 0 Å². The van der Waals surface area contributed by atoms with E-state index in [9.17, 15) is 9.59 Å². The molecule has 0 amide bonds. The Kier molecular flexibility index (Phi) is 8.39. The normalized spacial score (nSPS) is 11.5. The fourth-order valence-electron chi connectivity index (χ4n) is 3.17. The van der Waals surface area contributed by atoms with E-state index in [-0.39, 0.29) is 35.7 Å². The van der Waals surface area contributed by atoms with Gasteiger partial charge < -0.3 is 24.4 Å². The lowest BCUT2D eigenvalue weighted by Crippen LogP contribution is -2.12. The average molecular weight is 507 g/mol. The summed E-state index contributed by atoms with van der Waals surface area (Å²) >= 11 is 0. The highest BCUT2D eigenvalue weighted by atomic mass is 16.5. The van der Waals surface area contributed by atoms with Crippen molar-refractivity contribution in [1.82, 2.24) is 20.4 Å². The van der Waals surface area contributed by atoms with Crippen molar-refractivity contribution >= 4 is 22.7 Å². The highest BCUT2D eigenvalue weighted by Crippen LogP contribution is 2.29. The Morgan fingerprint density at radius 2 is 1.03 bits per heavy atom. The lowest BCUT2D eigenvalue weighted by Gasteiger charge is -2.10. The Hall–Kier alpha value is -4.78. The number of rotatable bonds is 12. The fraction of sp³-hybridized carbons (Fsp3) is 0.250. The lowest BCUT2D eigenvalue weighted by molar-refractivity contribution is 0.0767. The van der Waals surface area contributed by atoms with Crippen LogP contribution in [-0.4, -0.2) is 46.8 Å². The van der Waals surface area contributed by atoms with Crippen LogP contribution in [0.1, 0.15) is 11.4 Å². The third kappa shape index (κ3) is 6.67. The first kappa shape index (κ1) is 25.3. The summed E-state index contributed by atoms with van der Waals surface area (Å²) in [6.07, 6.45) is 0. The number of aromatic amines is 4. The number of ether oxygens (including phenoxy) is 3. The number of benzene rings is 2. The molecule has 0 aliphatic heterocycles. The van der Waals surface area contributed by atoms with Crippen molar-refractivity contribution in [2.45, 2.75) is 13.8 Å². The van der Waals surface area contributed by atoms with Crippen LogP contribution in [0.25, 0.3) is 0 Å². The fourth-order valence-corrected chi connectivity index (χ4v) is 3.17. The summed E-state index contributed by atoms with van der Waals surface area (Å²) in [4.78, 5) is 23.5. The SMILES string of the molecule is Cc1[nH][nH]c(=O)c1N=Nc1ccccc1OCCOCCOc1ccccc1N=Nc1c(C)[nH][nH]c1=O. The predicted octanol–water partition coefficient (Wildman–Crippen LogP) is 4.64. The molecule has 0 saturated carbocycles. The summed E-state index contributed by atoms with van der Waals surface area (Å²) < 4.78 is 17.1. The van der Waals surface area contributed by atoms with Gasteiger partial charge in [-0.3, -0.25) is 19.8 Å². The maximum absolute atomic E-state index is 11.7. The highest BCUT2D eigenvalue weighted by molar-refractivity contribution is 5.52. The molecule has 4 rings (SSSR count). The zero-order valence-corrected chi connectivity index (χ0v) is 20.3. The van der Waals surface area contributed by atoms with Gasteiger partial charge in [0.15, 0.2) is 11.4 Å². The van der Waals surface area contributed by atoms with E-state index >= 15 is 0 Å². The van der Waals surface area contributed by atoms with Gasteiger partial charge in [0.2, 0.25) is 0 Å². The molecule has 13 heteroatoms. The summed E-state index contributed by atoms with van der Waals surface area (Å²) in [6, 6.07) is 14.3. The van der Waals surface area contributed by atoms with Crippen molar-refractivity contribution in [3.8, 4) is 11.5 Å². The number of para-hydroxylation sites is 2. The van der Waals surface area contributed by atoms with E-state index < -0.39 is 0 Å². The van der Waals surface area contributed by atoms with Crippen molar-refractivity contribution < 1.29 is 14.2 Å². The standard InChI is InChI=1S/C24H26N8O5/c1-15-21(23(33)31-25-15)29-27-17-7-3-5-9-19(17)36-13-11-35-12-14-37-20-10-6-4-8-18(20)28-30-22-16(2)26-32-24(22)34/h3-10H,11-14H2,1-2H3,(H2,25,31,33)(H2,26,32,34).